The van der Waals surface area contributed by atoms with Gasteiger partial charge < -0.3 is 24.8 Å². The van der Waals surface area contributed by atoms with E-state index in [0.717, 1.165) is 5.56 Å². The van der Waals surface area contributed by atoms with Gasteiger partial charge in [0.1, 0.15) is 19.3 Å². The van der Waals surface area contributed by atoms with Crippen molar-refractivity contribution in [3.8, 4) is 11.5 Å². The first-order valence-corrected chi connectivity index (χ1v) is 8.30. The molecule has 0 saturated carbocycles. The highest BCUT2D eigenvalue weighted by molar-refractivity contribution is 5.82. The van der Waals surface area contributed by atoms with Crippen molar-refractivity contribution in [1.29, 1.82) is 0 Å². The minimum absolute atomic E-state index is 0.154. The van der Waals surface area contributed by atoms with Gasteiger partial charge in [-0.1, -0.05) is 42.5 Å². The van der Waals surface area contributed by atoms with Crippen LogP contribution in [0.15, 0.2) is 54.6 Å². The minimum Gasteiger partial charge on any atom is -0.486 e. The lowest BCUT2D eigenvalue weighted by atomic mass is 10.2. The summed E-state index contributed by atoms with van der Waals surface area (Å²) in [7, 11) is 0. The maximum atomic E-state index is 11.8. The number of carbonyl (C=O) groups is 2. The van der Waals surface area contributed by atoms with Gasteiger partial charge in [-0.2, -0.15) is 0 Å². The lowest BCUT2D eigenvalue weighted by Crippen LogP contribution is -2.44. The van der Waals surface area contributed by atoms with Gasteiger partial charge in [-0.05, 0) is 17.7 Å². The number of rotatable bonds is 6. The molecule has 0 saturated heterocycles. The van der Waals surface area contributed by atoms with E-state index in [1.165, 1.54) is 0 Å². The number of hydrogen-bond acceptors (Lipinski definition) is 5. The number of fused-ring (bicyclic) bond motifs is 1. The highest BCUT2D eigenvalue weighted by Crippen LogP contribution is 2.30. The highest BCUT2D eigenvalue weighted by atomic mass is 16.6. The molecule has 1 aliphatic heterocycles. The zero-order valence-corrected chi connectivity index (χ0v) is 14.1. The van der Waals surface area contributed by atoms with E-state index < -0.39 is 6.09 Å². The van der Waals surface area contributed by atoms with Crippen molar-refractivity contribution in [2.75, 3.05) is 19.7 Å². The van der Waals surface area contributed by atoms with Crippen molar-refractivity contribution in [2.45, 2.75) is 12.7 Å². The fourth-order valence-electron chi connectivity index (χ4n) is 2.38. The SMILES string of the molecule is O=C(CNC(=O)OCc1ccccc1)NC[C@H]1COc2ccccc2O1. The Labute approximate surface area is 151 Å². The molecular weight excluding hydrogens is 336 g/mol. The number of para-hydroxylation sites is 2. The van der Waals surface area contributed by atoms with E-state index in [2.05, 4.69) is 10.6 Å². The average Bonchev–Trinajstić information content (AvgIpc) is 2.69. The normalized spacial score (nSPS) is 15.0. The Morgan fingerprint density at radius 1 is 1.00 bits per heavy atom. The molecule has 1 aliphatic rings. The number of amides is 2. The van der Waals surface area contributed by atoms with Gasteiger partial charge in [-0.3, -0.25) is 4.79 Å². The predicted octanol–water partition coefficient (Wildman–Crippen LogP) is 1.87. The van der Waals surface area contributed by atoms with Crippen LogP contribution in [0.2, 0.25) is 0 Å². The number of nitrogens with one attached hydrogen (secondary N) is 2. The third-order valence-corrected chi connectivity index (χ3v) is 3.70. The van der Waals surface area contributed by atoms with Gasteiger partial charge in [-0.25, -0.2) is 4.79 Å². The quantitative estimate of drug-likeness (QED) is 0.825. The van der Waals surface area contributed by atoms with Gasteiger partial charge in [0.15, 0.2) is 11.5 Å². The van der Waals surface area contributed by atoms with Gasteiger partial charge in [0.2, 0.25) is 5.91 Å². The van der Waals surface area contributed by atoms with Crippen LogP contribution in [0.25, 0.3) is 0 Å². The molecule has 3 rings (SSSR count). The van der Waals surface area contributed by atoms with Gasteiger partial charge in [0.25, 0.3) is 0 Å². The summed E-state index contributed by atoms with van der Waals surface area (Å²) in [5, 5.41) is 5.11. The minimum atomic E-state index is -0.643. The molecule has 26 heavy (non-hydrogen) atoms. The van der Waals surface area contributed by atoms with Crippen molar-refractivity contribution in [1.82, 2.24) is 10.6 Å². The van der Waals surface area contributed by atoms with E-state index in [1.807, 2.05) is 54.6 Å². The van der Waals surface area contributed by atoms with Gasteiger partial charge in [0, 0.05) is 0 Å². The number of alkyl carbamates (subject to hydrolysis) is 1. The third-order valence-electron chi connectivity index (χ3n) is 3.70. The first-order chi connectivity index (χ1) is 12.7. The fraction of sp³-hybridized carbons (Fsp3) is 0.263. The Morgan fingerprint density at radius 3 is 2.54 bits per heavy atom. The van der Waals surface area contributed by atoms with E-state index in [4.69, 9.17) is 14.2 Å². The molecule has 2 aromatic carbocycles. The highest BCUT2D eigenvalue weighted by Gasteiger charge is 2.21. The largest absolute Gasteiger partial charge is 0.486 e. The molecular formula is C19H20N2O5. The standard InChI is InChI=1S/C19H20N2O5/c22-18(11-21-19(23)25-12-14-6-2-1-3-7-14)20-10-15-13-24-16-8-4-5-9-17(16)26-15/h1-9,15H,10-13H2,(H,20,22)(H,21,23)/t15-/m0/s1. The Balaban J connectivity index is 1.32. The first-order valence-electron chi connectivity index (χ1n) is 8.30. The smallest absolute Gasteiger partial charge is 0.407 e. The van der Waals surface area contributed by atoms with E-state index in [-0.39, 0.29) is 31.7 Å². The lowest BCUT2D eigenvalue weighted by Gasteiger charge is -2.26. The number of hydrogen-bond donors (Lipinski definition) is 2. The number of benzene rings is 2. The van der Waals surface area contributed by atoms with Crippen molar-refractivity contribution < 1.29 is 23.8 Å². The van der Waals surface area contributed by atoms with E-state index in [0.29, 0.717) is 18.1 Å². The van der Waals surface area contributed by atoms with Crippen LogP contribution < -0.4 is 20.1 Å². The van der Waals surface area contributed by atoms with Crippen molar-refractivity contribution in [2.24, 2.45) is 0 Å². The number of carbonyl (C=O) groups excluding carboxylic acids is 2. The summed E-state index contributed by atoms with van der Waals surface area (Å²) in [6, 6.07) is 16.7. The van der Waals surface area contributed by atoms with Crippen molar-refractivity contribution in [3.63, 3.8) is 0 Å². The fourth-order valence-corrected chi connectivity index (χ4v) is 2.38. The Kier molecular flexibility index (Phi) is 5.92. The maximum absolute atomic E-state index is 11.8. The molecule has 0 spiro atoms. The predicted molar refractivity (Wildman–Crippen MR) is 94.0 cm³/mol. The van der Waals surface area contributed by atoms with Gasteiger partial charge in [0.05, 0.1) is 13.1 Å². The van der Waals surface area contributed by atoms with Crippen LogP contribution in [0, 0.1) is 0 Å². The molecule has 2 amide bonds. The van der Waals surface area contributed by atoms with Crippen LogP contribution in [0.4, 0.5) is 4.79 Å². The second-order valence-corrected chi connectivity index (χ2v) is 5.72. The molecule has 0 fully saturated rings. The van der Waals surface area contributed by atoms with E-state index in [1.54, 1.807) is 0 Å². The molecule has 136 valence electrons. The average molecular weight is 356 g/mol. The zero-order chi connectivity index (χ0) is 18.2. The van der Waals surface area contributed by atoms with Gasteiger partial charge >= 0.3 is 6.09 Å². The van der Waals surface area contributed by atoms with Crippen LogP contribution >= 0.6 is 0 Å². The van der Waals surface area contributed by atoms with Gasteiger partial charge in [-0.15, -0.1) is 0 Å². The topological polar surface area (TPSA) is 85.9 Å². The summed E-state index contributed by atoms with van der Waals surface area (Å²) in [6.07, 6.45) is -0.922. The van der Waals surface area contributed by atoms with Crippen LogP contribution in [0.1, 0.15) is 5.56 Å². The molecule has 0 radical (unpaired) electrons. The molecule has 0 aliphatic carbocycles. The molecule has 0 aromatic heterocycles. The Morgan fingerprint density at radius 2 is 1.73 bits per heavy atom. The lowest BCUT2D eigenvalue weighted by molar-refractivity contribution is -0.120. The summed E-state index contributed by atoms with van der Waals surface area (Å²) in [5.41, 5.74) is 0.877. The molecule has 0 bridgehead atoms. The molecule has 0 unspecified atom stereocenters. The number of ether oxygens (including phenoxy) is 3. The molecule has 1 atom stereocenters. The molecule has 7 nitrogen and oxygen atoms in total. The zero-order valence-electron chi connectivity index (χ0n) is 14.1. The summed E-state index contributed by atoms with van der Waals surface area (Å²) in [5.74, 6) is 1.02. The van der Waals surface area contributed by atoms with Crippen molar-refractivity contribution in [3.05, 3.63) is 60.2 Å². The van der Waals surface area contributed by atoms with Crippen LogP contribution in [-0.4, -0.2) is 37.8 Å². The first kappa shape index (κ1) is 17.6. The van der Waals surface area contributed by atoms with Crippen LogP contribution in [0.3, 0.4) is 0 Å². The molecule has 2 N–H and O–H groups in total. The molecule has 2 aromatic rings. The summed E-state index contributed by atoms with van der Waals surface area (Å²) in [4.78, 5) is 23.4. The van der Waals surface area contributed by atoms with Crippen molar-refractivity contribution >= 4 is 12.0 Å². The van der Waals surface area contributed by atoms with Crippen LogP contribution in [0.5, 0.6) is 11.5 Å². The van der Waals surface area contributed by atoms with E-state index in [9.17, 15) is 9.59 Å². The summed E-state index contributed by atoms with van der Waals surface area (Å²) in [6.45, 7) is 0.622. The maximum Gasteiger partial charge on any atom is 0.407 e. The molecule has 7 heteroatoms. The molecule has 1 heterocycles. The Hall–Kier alpha value is -3.22. The Bertz CT molecular complexity index is 751. The van der Waals surface area contributed by atoms with Crippen LogP contribution in [-0.2, 0) is 16.1 Å². The second-order valence-electron chi connectivity index (χ2n) is 5.72. The second kappa shape index (κ2) is 8.75. The van der Waals surface area contributed by atoms with E-state index >= 15 is 0 Å². The monoisotopic (exact) mass is 356 g/mol. The summed E-state index contributed by atoms with van der Waals surface area (Å²) >= 11 is 0. The summed E-state index contributed by atoms with van der Waals surface area (Å²) < 4.78 is 16.4. The third kappa shape index (κ3) is 5.14.